The van der Waals surface area contributed by atoms with Gasteiger partial charge in [0.2, 0.25) is 0 Å². The molecular formula is C15H20ClNO. The highest BCUT2D eigenvalue weighted by atomic mass is 35.5. The van der Waals surface area contributed by atoms with Gasteiger partial charge in [-0.25, -0.2) is 0 Å². The summed E-state index contributed by atoms with van der Waals surface area (Å²) in [6.45, 7) is 9.42. The van der Waals surface area contributed by atoms with Crippen molar-refractivity contribution >= 4 is 22.6 Å². The van der Waals surface area contributed by atoms with Crippen molar-refractivity contribution in [2.75, 3.05) is 6.54 Å². The van der Waals surface area contributed by atoms with Crippen molar-refractivity contribution in [3.05, 3.63) is 34.0 Å². The van der Waals surface area contributed by atoms with Crippen LogP contribution >= 0.6 is 11.6 Å². The number of hydrogen-bond donors (Lipinski definition) is 1. The van der Waals surface area contributed by atoms with E-state index in [0.29, 0.717) is 5.02 Å². The maximum Gasteiger partial charge on any atom is 0.153 e. The average molecular weight is 266 g/mol. The number of furan rings is 1. The summed E-state index contributed by atoms with van der Waals surface area (Å²) in [5.41, 5.74) is 3.16. The quantitative estimate of drug-likeness (QED) is 0.862. The van der Waals surface area contributed by atoms with E-state index in [9.17, 15) is 0 Å². The molecule has 0 aliphatic carbocycles. The molecule has 2 rings (SSSR count). The summed E-state index contributed by atoms with van der Waals surface area (Å²) < 4.78 is 5.95. The van der Waals surface area contributed by atoms with Gasteiger partial charge in [0.15, 0.2) is 5.58 Å². The Hall–Kier alpha value is -0.990. The smallest absolute Gasteiger partial charge is 0.153 e. The molecule has 1 heterocycles. The van der Waals surface area contributed by atoms with Gasteiger partial charge in [-0.1, -0.05) is 18.5 Å². The van der Waals surface area contributed by atoms with Gasteiger partial charge >= 0.3 is 0 Å². The molecule has 0 aliphatic heterocycles. The number of hydrogen-bond acceptors (Lipinski definition) is 2. The Labute approximate surface area is 113 Å². The van der Waals surface area contributed by atoms with Gasteiger partial charge in [-0.2, -0.15) is 0 Å². The lowest BCUT2D eigenvalue weighted by Crippen LogP contribution is -2.19. The van der Waals surface area contributed by atoms with Crippen LogP contribution in [-0.4, -0.2) is 6.54 Å². The Balaban J connectivity index is 2.47. The monoisotopic (exact) mass is 265 g/mol. The van der Waals surface area contributed by atoms with E-state index < -0.39 is 0 Å². The minimum absolute atomic E-state index is 0.216. The van der Waals surface area contributed by atoms with Crippen molar-refractivity contribution in [2.45, 2.75) is 40.2 Å². The van der Waals surface area contributed by atoms with E-state index in [2.05, 4.69) is 39.1 Å². The number of nitrogens with one attached hydrogen (secondary N) is 1. The third-order valence-corrected chi connectivity index (χ3v) is 3.55. The molecule has 0 bridgehead atoms. The minimum Gasteiger partial charge on any atom is -0.458 e. The van der Waals surface area contributed by atoms with Gasteiger partial charge in [0.25, 0.3) is 0 Å². The third-order valence-electron chi connectivity index (χ3n) is 3.27. The zero-order chi connectivity index (χ0) is 13.3. The molecular weight excluding hydrogens is 246 g/mol. The first-order valence-electron chi connectivity index (χ1n) is 6.47. The summed E-state index contributed by atoms with van der Waals surface area (Å²) in [7, 11) is 0. The van der Waals surface area contributed by atoms with Crippen LogP contribution in [0.2, 0.25) is 5.02 Å². The van der Waals surface area contributed by atoms with Crippen LogP contribution in [0.5, 0.6) is 0 Å². The molecule has 0 radical (unpaired) electrons. The lowest BCUT2D eigenvalue weighted by atomic mass is 10.1. The van der Waals surface area contributed by atoms with Gasteiger partial charge < -0.3 is 9.73 Å². The first-order chi connectivity index (χ1) is 8.54. The second-order valence-corrected chi connectivity index (χ2v) is 5.30. The van der Waals surface area contributed by atoms with Crippen molar-refractivity contribution in [3.8, 4) is 0 Å². The Morgan fingerprint density at radius 1 is 1.33 bits per heavy atom. The molecule has 98 valence electrons. The van der Waals surface area contributed by atoms with Gasteiger partial charge in [-0.3, -0.25) is 0 Å². The Bertz CT molecular complexity index is 559. The lowest BCUT2D eigenvalue weighted by molar-refractivity contribution is 0.449. The van der Waals surface area contributed by atoms with E-state index in [0.717, 1.165) is 35.3 Å². The number of aryl methyl sites for hydroxylation is 2. The molecule has 1 unspecified atom stereocenters. The van der Waals surface area contributed by atoms with E-state index in [1.54, 1.807) is 0 Å². The van der Waals surface area contributed by atoms with E-state index in [1.165, 1.54) is 5.56 Å². The van der Waals surface area contributed by atoms with E-state index in [1.807, 2.05) is 6.07 Å². The van der Waals surface area contributed by atoms with Gasteiger partial charge in [-0.05, 0) is 51.4 Å². The highest BCUT2D eigenvalue weighted by molar-refractivity contribution is 6.35. The van der Waals surface area contributed by atoms with Crippen LogP contribution in [0.1, 0.15) is 43.2 Å². The molecule has 18 heavy (non-hydrogen) atoms. The molecule has 0 amide bonds. The molecule has 3 heteroatoms. The van der Waals surface area contributed by atoms with Crippen molar-refractivity contribution in [1.82, 2.24) is 5.32 Å². The van der Waals surface area contributed by atoms with E-state index >= 15 is 0 Å². The standard InChI is InChI=1S/C15H20ClNO/c1-5-6-17-11(4)14-10(3)12-7-9(2)8-13(16)15(12)18-14/h7-8,11,17H,5-6H2,1-4H3. The molecule has 1 aromatic heterocycles. The third kappa shape index (κ3) is 2.40. The molecule has 1 aromatic carbocycles. The van der Waals surface area contributed by atoms with Crippen LogP contribution < -0.4 is 5.32 Å². The summed E-state index contributed by atoms with van der Waals surface area (Å²) in [5.74, 6) is 0.992. The van der Waals surface area contributed by atoms with Gasteiger partial charge in [0.1, 0.15) is 5.76 Å². The van der Waals surface area contributed by atoms with Crippen molar-refractivity contribution < 1.29 is 4.42 Å². The van der Waals surface area contributed by atoms with Gasteiger partial charge in [0, 0.05) is 10.9 Å². The Morgan fingerprint density at radius 2 is 2.06 bits per heavy atom. The zero-order valence-corrected chi connectivity index (χ0v) is 12.2. The molecule has 1 N–H and O–H groups in total. The highest BCUT2D eigenvalue weighted by Gasteiger charge is 2.17. The van der Waals surface area contributed by atoms with Crippen LogP contribution in [0, 0.1) is 13.8 Å². The second kappa shape index (κ2) is 5.33. The first-order valence-corrected chi connectivity index (χ1v) is 6.85. The summed E-state index contributed by atoms with van der Waals surface area (Å²) in [6, 6.07) is 4.30. The minimum atomic E-state index is 0.216. The average Bonchev–Trinajstić information content (AvgIpc) is 2.65. The summed E-state index contributed by atoms with van der Waals surface area (Å²) in [5, 5.41) is 5.27. The lowest BCUT2D eigenvalue weighted by Gasteiger charge is -2.11. The Kier molecular flexibility index (Phi) is 3.98. The molecule has 0 spiro atoms. The normalized spacial score (nSPS) is 13.2. The van der Waals surface area contributed by atoms with Crippen LogP contribution in [-0.2, 0) is 0 Å². The largest absolute Gasteiger partial charge is 0.458 e. The SMILES string of the molecule is CCCNC(C)c1oc2c(Cl)cc(C)cc2c1C. The van der Waals surface area contributed by atoms with Crippen molar-refractivity contribution in [2.24, 2.45) is 0 Å². The Morgan fingerprint density at radius 3 is 2.72 bits per heavy atom. The molecule has 2 aromatic rings. The number of benzene rings is 1. The van der Waals surface area contributed by atoms with Gasteiger partial charge in [0.05, 0.1) is 11.1 Å². The highest BCUT2D eigenvalue weighted by Crippen LogP contribution is 2.34. The van der Waals surface area contributed by atoms with Gasteiger partial charge in [-0.15, -0.1) is 0 Å². The van der Waals surface area contributed by atoms with Crippen molar-refractivity contribution in [1.29, 1.82) is 0 Å². The van der Waals surface area contributed by atoms with E-state index in [-0.39, 0.29) is 6.04 Å². The van der Waals surface area contributed by atoms with Crippen LogP contribution in [0.15, 0.2) is 16.5 Å². The van der Waals surface area contributed by atoms with Crippen LogP contribution in [0.4, 0.5) is 0 Å². The fourth-order valence-corrected chi connectivity index (χ4v) is 2.61. The van der Waals surface area contributed by atoms with Crippen LogP contribution in [0.25, 0.3) is 11.0 Å². The molecule has 1 atom stereocenters. The van der Waals surface area contributed by atoms with Crippen molar-refractivity contribution in [3.63, 3.8) is 0 Å². The number of fused-ring (bicyclic) bond motifs is 1. The number of halogens is 1. The first kappa shape index (κ1) is 13.4. The zero-order valence-electron chi connectivity index (χ0n) is 11.4. The number of rotatable bonds is 4. The topological polar surface area (TPSA) is 25.2 Å². The molecule has 0 aliphatic rings. The maximum atomic E-state index is 6.24. The van der Waals surface area contributed by atoms with E-state index in [4.69, 9.17) is 16.0 Å². The predicted molar refractivity (Wildman–Crippen MR) is 77.4 cm³/mol. The molecule has 0 fully saturated rings. The molecule has 2 nitrogen and oxygen atoms in total. The molecule has 0 saturated carbocycles. The predicted octanol–water partition coefficient (Wildman–Crippen LogP) is 4.76. The summed E-state index contributed by atoms with van der Waals surface area (Å²) in [6.07, 6.45) is 1.11. The second-order valence-electron chi connectivity index (χ2n) is 4.89. The van der Waals surface area contributed by atoms with Crippen LogP contribution in [0.3, 0.4) is 0 Å². The summed E-state index contributed by atoms with van der Waals surface area (Å²) >= 11 is 6.24. The fourth-order valence-electron chi connectivity index (χ4n) is 2.30. The molecule has 0 saturated heterocycles. The fraction of sp³-hybridized carbons (Fsp3) is 0.467. The summed E-state index contributed by atoms with van der Waals surface area (Å²) in [4.78, 5) is 0. The maximum absolute atomic E-state index is 6.24.